The highest BCUT2D eigenvalue weighted by atomic mass is 15.1. The molecule has 1 heterocycles. The van der Waals surface area contributed by atoms with Gasteiger partial charge in [0.05, 0.1) is 12.0 Å². The van der Waals surface area contributed by atoms with E-state index in [-0.39, 0.29) is 5.92 Å². The van der Waals surface area contributed by atoms with Crippen LogP contribution >= 0.6 is 0 Å². The molecule has 0 aromatic carbocycles. The molecule has 9 heavy (non-hydrogen) atoms. The average Bonchev–Trinajstić information content (AvgIpc) is 2.34. The van der Waals surface area contributed by atoms with Crippen LogP contribution in [0, 0.1) is 17.2 Å². The van der Waals surface area contributed by atoms with Crippen molar-refractivity contribution in [2.75, 3.05) is 13.1 Å². The fraction of sp³-hybridized carbons (Fsp3) is 0.571. The Morgan fingerprint density at radius 3 is 3.00 bits per heavy atom. The standard InChI is InChI=1S/C7H10N2/c1-2-9-4-3-7(5-8)6-9/h3-4,7H,2,6H2,1H3. The maximum atomic E-state index is 8.45. The summed E-state index contributed by atoms with van der Waals surface area (Å²) in [6, 6.07) is 2.20. The molecule has 0 aromatic heterocycles. The van der Waals surface area contributed by atoms with E-state index in [1.54, 1.807) is 0 Å². The molecule has 0 amide bonds. The van der Waals surface area contributed by atoms with E-state index >= 15 is 0 Å². The van der Waals surface area contributed by atoms with Gasteiger partial charge < -0.3 is 4.90 Å². The lowest BCUT2D eigenvalue weighted by Crippen LogP contribution is -2.16. The van der Waals surface area contributed by atoms with Gasteiger partial charge in [-0.25, -0.2) is 0 Å². The third-order valence-corrected chi connectivity index (χ3v) is 1.53. The molecule has 0 aliphatic carbocycles. The Morgan fingerprint density at radius 1 is 1.89 bits per heavy atom. The Labute approximate surface area is 55.4 Å². The molecule has 0 aromatic rings. The van der Waals surface area contributed by atoms with E-state index < -0.39 is 0 Å². The van der Waals surface area contributed by atoms with E-state index in [9.17, 15) is 0 Å². The van der Waals surface area contributed by atoms with Gasteiger partial charge in [-0.2, -0.15) is 5.26 Å². The van der Waals surface area contributed by atoms with Crippen molar-refractivity contribution in [3.8, 4) is 6.07 Å². The van der Waals surface area contributed by atoms with Crippen LogP contribution in [0.25, 0.3) is 0 Å². The van der Waals surface area contributed by atoms with Crippen molar-refractivity contribution in [1.82, 2.24) is 4.90 Å². The molecule has 1 atom stereocenters. The molecule has 0 N–H and O–H groups in total. The number of nitrogens with zero attached hydrogens (tertiary/aromatic N) is 2. The fourth-order valence-corrected chi connectivity index (χ4v) is 0.918. The first-order valence-corrected chi connectivity index (χ1v) is 3.18. The van der Waals surface area contributed by atoms with Gasteiger partial charge >= 0.3 is 0 Å². The number of hydrogen-bond donors (Lipinski definition) is 0. The van der Waals surface area contributed by atoms with Crippen LogP contribution in [0.4, 0.5) is 0 Å². The second-order valence-corrected chi connectivity index (χ2v) is 2.16. The lowest BCUT2D eigenvalue weighted by atomic mass is 10.2. The van der Waals surface area contributed by atoms with Crippen molar-refractivity contribution >= 4 is 0 Å². The lowest BCUT2D eigenvalue weighted by molar-refractivity contribution is 0.409. The minimum absolute atomic E-state index is 0.130. The van der Waals surface area contributed by atoms with Gasteiger partial charge in [0.2, 0.25) is 0 Å². The molecule has 0 saturated heterocycles. The summed E-state index contributed by atoms with van der Waals surface area (Å²) in [4.78, 5) is 2.13. The van der Waals surface area contributed by atoms with E-state index in [1.807, 2.05) is 12.3 Å². The molecule has 2 heteroatoms. The van der Waals surface area contributed by atoms with E-state index in [1.165, 1.54) is 0 Å². The first-order valence-electron chi connectivity index (χ1n) is 3.18. The monoisotopic (exact) mass is 122 g/mol. The molecule has 1 aliphatic heterocycles. The molecule has 2 nitrogen and oxygen atoms in total. The van der Waals surface area contributed by atoms with Crippen LogP contribution in [-0.4, -0.2) is 18.0 Å². The first-order chi connectivity index (χ1) is 4.36. The van der Waals surface area contributed by atoms with Crippen LogP contribution in [0.1, 0.15) is 6.92 Å². The van der Waals surface area contributed by atoms with Crippen LogP contribution in [0.2, 0.25) is 0 Å². The Morgan fingerprint density at radius 2 is 2.67 bits per heavy atom. The largest absolute Gasteiger partial charge is 0.376 e. The highest BCUT2D eigenvalue weighted by Gasteiger charge is 2.12. The Kier molecular flexibility index (Phi) is 1.74. The van der Waals surface area contributed by atoms with Crippen molar-refractivity contribution in [3.05, 3.63) is 12.3 Å². The van der Waals surface area contributed by atoms with Crippen molar-refractivity contribution in [2.24, 2.45) is 5.92 Å². The SMILES string of the molecule is CCN1C=CC(C#N)C1. The zero-order chi connectivity index (χ0) is 6.69. The summed E-state index contributed by atoms with van der Waals surface area (Å²) in [7, 11) is 0. The highest BCUT2D eigenvalue weighted by Crippen LogP contribution is 2.09. The molecular formula is C7H10N2. The molecule has 0 saturated carbocycles. The van der Waals surface area contributed by atoms with Crippen molar-refractivity contribution in [2.45, 2.75) is 6.92 Å². The highest BCUT2D eigenvalue weighted by molar-refractivity contribution is 5.07. The Balaban J connectivity index is 2.42. The smallest absolute Gasteiger partial charge is 0.0835 e. The summed E-state index contributed by atoms with van der Waals surface area (Å²) >= 11 is 0. The molecule has 0 radical (unpaired) electrons. The van der Waals surface area contributed by atoms with E-state index in [2.05, 4.69) is 17.9 Å². The van der Waals surface area contributed by atoms with Crippen LogP contribution in [0.3, 0.4) is 0 Å². The van der Waals surface area contributed by atoms with E-state index in [4.69, 9.17) is 5.26 Å². The van der Waals surface area contributed by atoms with Gasteiger partial charge in [0.1, 0.15) is 0 Å². The second kappa shape index (κ2) is 2.54. The maximum Gasteiger partial charge on any atom is 0.0835 e. The van der Waals surface area contributed by atoms with Gasteiger partial charge in [0.15, 0.2) is 0 Å². The lowest BCUT2D eigenvalue weighted by Gasteiger charge is -2.11. The first kappa shape index (κ1) is 6.15. The normalized spacial score (nSPS) is 24.4. The van der Waals surface area contributed by atoms with Gasteiger partial charge in [0, 0.05) is 13.1 Å². The summed E-state index contributed by atoms with van der Waals surface area (Å²) in [5, 5.41) is 8.45. The maximum absolute atomic E-state index is 8.45. The molecule has 0 spiro atoms. The predicted octanol–water partition coefficient (Wildman–Crippen LogP) is 0.975. The van der Waals surface area contributed by atoms with E-state index in [0.29, 0.717) is 0 Å². The number of nitriles is 1. The van der Waals surface area contributed by atoms with Gasteiger partial charge in [0.25, 0.3) is 0 Å². The van der Waals surface area contributed by atoms with Crippen LogP contribution < -0.4 is 0 Å². The zero-order valence-electron chi connectivity index (χ0n) is 5.54. The summed E-state index contributed by atoms with van der Waals surface area (Å²) in [5.74, 6) is 0.130. The van der Waals surface area contributed by atoms with Gasteiger partial charge in [-0.1, -0.05) is 0 Å². The molecule has 0 fully saturated rings. The quantitative estimate of drug-likeness (QED) is 0.518. The van der Waals surface area contributed by atoms with Crippen molar-refractivity contribution in [3.63, 3.8) is 0 Å². The summed E-state index contributed by atoms with van der Waals surface area (Å²) in [5.41, 5.74) is 0. The molecule has 1 rings (SSSR count). The minimum atomic E-state index is 0.130. The molecular weight excluding hydrogens is 112 g/mol. The summed E-state index contributed by atoms with van der Waals surface area (Å²) in [6.07, 6.45) is 3.94. The van der Waals surface area contributed by atoms with Crippen LogP contribution in [0.5, 0.6) is 0 Å². The Hall–Kier alpha value is -0.970. The van der Waals surface area contributed by atoms with Gasteiger partial charge in [-0.05, 0) is 19.2 Å². The zero-order valence-corrected chi connectivity index (χ0v) is 5.54. The number of hydrogen-bond acceptors (Lipinski definition) is 2. The average molecular weight is 122 g/mol. The van der Waals surface area contributed by atoms with Gasteiger partial charge in [-0.15, -0.1) is 0 Å². The number of rotatable bonds is 1. The summed E-state index contributed by atoms with van der Waals surface area (Å²) < 4.78 is 0. The van der Waals surface area contributed by atoms with Crippen LogP contribution in [-0.2, 0) is 0 Å². The molecule has 48 valence electrons. The molecule has 0 bridgehead atoms. The third-order valence-electron chi connectivity index (χ3n) is 1.53. The second-order valence-electron chi connectivity index (χ2n) is 2.16. The Bertz CT molecular complexity index is 155. The summed E-state index contributed by atoms with van der Waals surface area (Å²) in [6.45, 7) is 3.98. The topological polar surface area (TPSA) is 27.0 Å². The fourth-order valence-electron chi connectivity index (χ4n) is 0.918. The van der Waals surface area contributed by atoms with Gasteiger partial charge in [-0.3, -0.25) is 0 Å². The minimum Gasteiger partial charge on any atom is -0.376 e. The van der Waals surface area contributed by atoms with Crippen molar-refractivity contribution < 1.29 is 0 Å². The molecule has 1 aliphatic rings. The third kappa shape index (κ3) is 1.23. The van der Waals surface area contributed by atoms with Crippen LogP contribution in [0.15, 0.2) is 12.3 Å². The predicted molar refractivity (Wildman–Crippen MR) is 35.5 cm³/mol. The molecule has 1 unspecified atom stereocenters. The van der Waals surface area contributed by atoms with Crippen molar-refractivity contribution in [1.29, 1.82) is 5.26 Å². The van der Waals surface area contributed by atoms with E-state index in [0.717, 1.165) is 13.1 Å².